The van der Waals surface area contributed by atoms with Gasteiger partial charge in [0.05, 0.1) is 0 Å². The van der Waals surface area contributed by atoms with Gasteiger partial charge in [0.1, 0.15) is 6.10 Å². The van der Waals surface area contributed by atoms with Crippen LogP contribution in [0.5, 0.6) is 0 Å². The van der Waals surface area contributed by atoms with Crippen LogP contribution in [0.15, 0.2) is 30.3 Å². The van der Waals surface area contributed by atoms with E-state index in [2.05, 4.69) is 19.1 Å². The number of rotatable bonds is 6. The van der Waals surface area contributed by atoms with Crippen molar-refractivity contribution in [1.29, 1.82) is 0 Å². The molecule has 0 aliphatic heterocycles. The van der Waals surface area contributed by atoms with Crippen molar-refractivity contribution in [2.75, 3.05) is 7.11 Å². The van der Waals surface area contributed by atoms with Crippen LogP contribution in [0.3, 0.4) is 0 Å². The minimum Gasteiger partial charge on any atom is -0.372 e. The van der Waals surface area contributed by atoms with Crippen molar-refractivity contribution < 1.29 is 9.53 Å². The van der Waals surface area contributed by atoms with E-state index in [0.717, 1.165) is 0 Å². The molecule has 1 aromatic carbocycles. The van der Waals surface area contributed by atoms with Crippen LogP contribution in [0.4, 0.5) is 0 Å². The van der Waals surface area contributed by atoms with Crippen LogP contribution >= 0.6 is 0 Å². The zero-order valence-corrected chi connectivity index (χ0v) is 12.0. The SMILES string of the molecule is COC(C)C(=O)N(Cc1ccccc1)C(C)C1CC1. The summed E-state index contributed by atoms with van der Waals surface area (Å²) in [7, 11) is 1.59. The highest BCUT2D eigenvalue weighted by Crippen LogP contribution is 2.36. The van der Waals surface area contributed by atoms with Crippen molar-refractivity contribution in [1.82, 2.24) is 4.90 Å². The smallest absolute Gasteiger partial charge is 0.251 e. The third-order valence-corrected chi connectivity index (χ3v) is 3.98. The van der Waals surface area contributed by atoms with Crippen LogP contribution in [0.2, 0.25) is 0 Å². The van der Waals surface area contributed by atoms with Gasteiger partial charge >= 0.3 is 0 Å². The van der Waals surface area contributed by atoms with Crippen LogP contribution in [-0.4, -0.2) is 30.1 Å². The number of carbonyl (C=O) groups is 1. The molecule has 0 radical (unpaired) electrons. The molecule has 2 unspecified atom stereocenters. The van der Waals surface area contributed by atoms with E-state index >= 15 is 0 Å². The summed E-state index contributed by atoms with van der Waals surface area (Å²) in [4.78, 5) is 14.4. The van der Waals surface area contributed by atoms with Crippen LogP contribution in [-0.2, 0) is 16.1 Å². The summed E-state index contributed by atoms with van der Waals surface area (Å²) in [6.07, 6.45) is 2.10. The van der Waals surface area contributed by atoms with Gasteiger partial charge in [0.15, 0.2) is 0 Å². The first-order valence-corrected chi connectivity index (χ1v) is 7.00. The monoisotopic (exact) mass is 261 g/mol. The Morgan fingerprint density at radius 1 is 1.32 bits per heavy atom. The summed E-state index contributed by atoms with van der Waals surface area (Å²) in [5, 5.41) is 0. The fourth-order valence-corrected chi connectivity index (χ4v) is 2.37. The quantitative estimate of drug-likeness (QED) is 0.788. The first-order chi connectivity index (χ1) is 9.13. The second kappa shape index (κ2) is 6.20. The molecule has 2 atom stereocenters. The predicted octanol–water partition coefficient (Wildman–Crippen LogP) is 2.85. The van der Waals surface area contributed by atoms with Crippen molar-refractivity contribution in [3.8, 4) is 0 Å². The number of methoxy groups -OCH3 is 1. The van der Waals surface area contributed by atoms with Gasteiger partial charge in [-0.1, -0.05) is 30.3 Å². The van der Waals surface area contributed by atoms with Gasteiger partial charge in [-0.25, -0.2) is 0 Å². The molecule has 1 saturated carbocycles. The van der Waals surface area contributed by atoms with Gasteiger partial charge in [-0.2, -0.15) is 0 Å². The zero-order valence-electron chi connectivity index (χ0n) is 12.0. The van der Waals surface area contributed by atoms with E-state index < -0.39 is 0 Å². The molecule has 0 heterocycles. The third kappa shape index (κ3) is 3.57. The van der Waals surface area contributed by atoms with Gasteiger partial charge in [0.2, 0.25) is 0 Å². The second-order valence-corrected chi connectivity index (χ2v) is 5.41. The summed E-state index contributed by atoms with van der Waals surface area (Å²) >= 11 is 0. The van der Waals surface area contributed by atoms with Crippen molar-refractivity contribution in [3.05, 3.63) is 35.9 Å². The number of ether oxygens (including phenoxy) is 1. The lowest BCUT2D eigenvalue weighted by molar-refractivity contribution is -0.144. The topological polar surface area (TPSA) is 29.5 Å². The molecule has 1 aliphatic rings. The molecule has 1 aromatic rings. The number of hydrogen-bond acceptors (Lipinski definition) is 2. The molecule has 1 amide bonds. The van der Waals surface area contributed by atoms with Crippen molar-refractivity contribution in [2.45, 2.75) is 45.4 Å². The summed E-state index contributed by atoms with van der Waals surface area (Å²) < 4.78 is 5.19. The highest BCUT2D eigenvalue weighted by molar-refractivity contribution is 5.80. The van der Waals surface area contributed by atoms with E-state index in [4.69, 9.17) is 4.74 Å². The fraction of sp³-hybridized carbons (Fsp3) is 0.562. The number of carbonyl (C=O) groups excluding carboxylic acids is 1. The predicted molar refractivity (Wildman–Crippen MR) is 75.6 cm³/mol. The molecule has 3 heteroatoms. The molecule has 19 heavy (non-hydrogen) atoms. The van der Waals surface area contributed by atoms with Gasteiger partial charge in [-0.3, -0.25) is 4.79 Å². The van der Waals surface area contributed by atoms with Crippen molar-refractivity contribution >= 4 is 5.91 Å². The van der Waals surface area contributed by atoms with E-state index in [1.807, 2.05) is 30.0 Å². The minimum atomic E-state index is -0.370. The summed E-state index contributed by atoms with van der Waals surface area (Å²) in [6.45, 7) is 4.64. The first kappa shape index (κ1) is 14.1. The third-order valence-electron chi connectivity index (χ3n) is 3.98. The lowest BCUT2D eigenvalue weighted by Gasteiger charge is -2.31. The van der Waals surface area contributed by atoms with E-state index in [1.165, 1.54) is 18.4 Å². The summed E-state index contributed by atoms with van der Waals surface area (Å²) in [5.41, 5.74) is 1.17. The fourth-order valence-electron chi connectivity index (χ4n) is 2.37. The maximum absolute atomic E-state index is 12.5. The number of benzene rings is 1. The maximum atomic E-state index is 12.5. The standard InChI is InChI=1S/C16H23NO2/c1-12(15-9-10-15)17(16(18)13(2)19-3)11-14-7-5-4-6-8-14/h4-8,12-13,15H,9-11H2,1-3H3. The van der Waals surface area contributed by atoms with Crippen LogP contribution in [0.25, 0.3) is 0 Å². The average molecular weight is 261 g/mol. The van der Waals surface area contributed by atoms with Gasteiger partial charge in [-0.15, -0.1) is 0 Å². The molecule has 0 spiro atoms. The molecule has 104 valence electrons. The molecule has 0 saturated heterocycles. The number of nitrogens with zero attached hydrogens (tertiary/aromatic N) is 1. The van der Waals surface area contributed by atoms with Crippen molar-refractivity contribution in [3.63, 3.8) is 0 Å². The van der Waals surface area contributed by atoms with E-state index in [9.17, 15) is 4.79 Å². The Balaban J connectivity index is 2.11. The summed E-state index contributed by atoms with van der Waals surface area (Å²) in [5.74, 6) is 0.752. The Hall–Kier alpha value is -1.35. The Labute approximate surface area is 115 Å². The number of hydrogen-bond donors (Lipinski definition) is 0. The van der Waals surface area contributed by atoms with Gasteiger partial charge in [0, 0.05) is 19.7 Å². The second-order valence-electron chi connectivity index (χ2n) is 5.41. The molecule has 1 aliphatic carbocycles. The Morgan fingerprint density at radius 2 is 1.95 bits per heavy atom. The van der Waals surface area contributed by atoms with Crippen LogP contribution in [0.1, 0.15) is 32.3 Å². The molecular formula is C16H23NO2. The first-order valence-electron chi connectivity index (χ1n) is 7.00. The highest BCUT2D eigenvalue weighted by atomic mass is 16.5. The molecule has 1 fully saturated rings. The Morgan fingerprint density at radius 3 is 2.47 bits per heavy atom. The molecule has 0 aromatic heterocycles. The lowest BCUT2D eigenvalue weighted by atomic mass is 10.1. The van der Waals surface area contributed by atoms with E-state index in [0.29, 0.717) is 18.5 Å². The average Bonchev–Trinajstić information content (AvgIpc) is 3.28. The van der Waals surface area contributed by atoms with E-state index in [1.54, 1.807) is 7.11 Å². The maximum Gasteiger partial charge on any atom is 0.251 e. The van der Waals surface area contributed by atoms with Crippen LogP contribution < -0.4 is 0 Å². The molecule has 0 N–H and O–H groups in total. The van der Waals surface area contributed by atoms with Crippen molar-refractivity contribution in [2.24, 2.45) is 5.92 Å². The van der Waals surface area contributed by atoms with Gasteiger partial charge in [-0.05, 0) is 38.2 Å². The normalized spacial score (nSPS) is 17.8. The van der Waals surface area contributed by atoms with E-state index in [-0.39, 0.29) is 12.0 Å². The molecule has 0 bridgehead atoms. The Kier molecular flexibility index (Phi) is 4.59. The Bertz CT molecular complexity index is 414. The minimum absolute atomic E-state index is 0.0887. The largest absolute Gasteiger partial charge is 0.372 e. The highest BCUT2D eigenvalue weighted by Gasteiger charge is 2.35. The van der Waals surface area contributed by atoms with Gasteiger partial charge in [0.25, 0.3) is 5.91 Å². The molecular weight excluding hydrogens is 238 g/mol. The summed E-state index contributed by atoms with van der Waals surface area (Å²) in [6, 6.07) is 10.5. The molecule has 2 rings (SSSR count). The molecule has 3 nitrogen and oxygen atoms in total. The van der Waals surface area contributed by atoms with Crippen LogP contribution in [0, 0.1) is 5.92 Å². The lowest BCUT2D eigenvalue weighted by Crippen LogP contribution is -2.44. The van der Waals surface area contributed by atoms with Gasteiger partial charge < -0.3 is 9.64 Å². The zero-order chi connectivity index (χ0) is 13.8. The number of amides is 1.